The smallest absolute Gasteiger partial charge is 0.305 e. The van der Waals surface area contributed by atoms with Crippen molar-refractivity contribution in [2.45, 2.75) is 29.4 Å². The first-order valence-corrected chi connectivity index (χ1v) is 5.68. The van der Waals surface area contributed by atoms with Gasteiger partial charge in [0.25, 0.3) is 0 Å². The number of ether oxygens (including phenoxy) is 1. The maximum absolute atomic E-state index is 10.9. The predicted molar refractivity (Wildman–Crippen MR) is 54.6 cm³/mol. The van der Waals surface area contributed by atoms with Crippen LogP contribution in [0.1, 0.15) is 26.2 Å². The standard InChI is InChI=1S/C8H12Br2O2/c1-2-12-7(11)4-3-6-5-8(6,9)10/h6H,2-5H2,1H3. The van der Waals surface area contributed by atoms with E-state index >= 15 is 0 Å². The van der Waals surface area contributed by atoms with Gasteiger partial charge in [-0.15, -0.1) is 0 Å². The Balaban J connectivity index is 2.07. The van der Waals surface area contributed by atoms with E-state index in [1.807, 2.05) is 6.92 Å². The lowest BCUT2D eigenvalue weighted by Crippen LogP contribution is -2.04. The van der Waals surface area contributed by atoms with Gasteiger partial charge in [0.05, 0.1) is 9.84 Å². The van der Waals surface area contributed by atoms with Crippen molar-refractivity contribution in [3.8, 4) is 0 Å². The molecule has 0 aromatic rings. The van der Waals surface area contributed by atoms with Crippen molar-refractivity contribution < 1.29 is 9.53 Å². The van der Waals surface area contributed by atoms with E-state index in [9.17, 15) is 4.79 Å². The van der Waals surface area contributed by atoms with Crippen LogP contribution in [0.2, 0.25) is 0 Å². The van der Waals surface area contributed by atoms with Crippen LogP contribution in [0.25, 0.3) is 0 Å². The molecular formula is C8H12Br2O2. The maximum Gasteiger partial charge on any atom is 0.305 e. The highest BCUT2D eigenvalue weighted by Gasteiger charge is 2.49. The van der Waals surface area contributed by atoms with Gasteiger partial charge in [-0.1, -0.05) is 31.9 Å². The summed E-state index contributed by atoms with van der Waals surface area (Å²) in [7, 11) is 0. The molecular weight excluding hydrogens is 288 g/mol. The second kappa shape index (κ2) is 4.09. The summed E-state index contributed by atoms with van der Waals surface area (Å²) in [5.74, 6) is 0.502. The van der Waals surface area contributed by atoms with Crippen LogP contribution in [0.3, 0.4) is 0 Å². The van der Waals surface area contributed by atoms with Gasteiger partial charge in [-0.3, -0.25) is 4.79 Å². The minimum atomic E-state index is -0.0831. The fourth-order valence-corrected chi connectivity index (χ4v) is 2.35. The molecule has 0 N–H and O–H groups in total. The third-order valence-electron chi connectivity index (χ3n) is 1.96. The van der Waals surface area contributed by atoms with Gasteiger partial charge in [0.2, 0.25) is 0 Å². The fourth-order valence-electron chi connectivity index (χ4n) is 1.11. The molecule has 1 aliphatic carbocycles. The second-order valence-corrected chi connectivity index (χ2v) is 6.90. The number of halogens is 2. The Morgan fingerprint density at radius 3 is 2.67 bits per heavy atom. The van der Waals surface area contributed by atoms with E-state index < -0.39 is 0 Å². The molecule has 0 radical (unpaired) electrons. The Hall–Kier alpha value is 0.430. The van der Waals surface area contributed by atoms with Crippen molar-refractivity contribution in [3.63, 3.8) is 0 Å². The molecule has 0 aromatic carbocycles. The van der Waals surface area contributed by atoms with E-state index in [1.54, 1.807) is 0 Å². The number of alkyl halides is 2. The molecule has 0 aliphatic heterocycles. The number of carbonyl (C=O) groups excluding carboxylic acids is 1. The van der Waals surface area contributed by atoms with E-state index in [-0.39, 0.29) is 9.20 Å². The van der Waals surface area contributed by atoms with Crippen LogP contribution in [-0.2, 0) is 9.53 Å². The summed E-state index contributed by atoms with van der Waals surface area (Å²) < 4.78 is 4.94. The first kappa shape index (κ1) is 10.5. The minimum Gasteiger partial charge on any atom is -0.466 e. The SMILES string of the molecule is CCOC(=O)CCC1CC1(Br)Br. The highest BCUT2D eigenvalue weighted by Crippen LogP contribution is 2.58. The van der Waals surface area contributed by atoms with Crippen molar-refractivity contribution in [1.82, 2.24) is 0 Å². The summed E-state index contributed by atoms with van der Waals surface area (Å²) in [6.45, 7) is 2.31. The lowest BCUT2D eigenvalue weighted by molar-refractivity contribution is -0.143. The van der Waals surface area contributed by atoms with E-state index in [0.29, 0.717) is 18.9 Å². The van der Waals surface area contributed by atoms with E-state index in [0.717, 1.165) is 12.8 Å². The van der Waals surface area contributed by atoms with Gasteiger partial charge in [-0.05, 0) is 25.7 Å². The molecule has 0 heterocycles. The minimum absolute atomic E-state index is 0.0831. The quantitative estimate of drug-likeness (QED) is 0.589. The van der Waals surface area contributed by atoms with Crippen LogP contribution in [0.4, 0.5) is 0 Å². The van der Waals surface area contributed by atoms with Gasteiger partial charge in [-0.25, -0.2) is 0 Å². The summed E-state index contributed by atoms with van der Waals surface area (Å²) in [5.41, 5.74) is 0. The maximum atomic E-state index is 10.9. The van der Waals surface area contributed by atoms with Gasteiger partial charge in [0.1, 0.15) is 0 Å². The monoisotopic (exact) mass is 298 g/mol. The topological polar surface area (TPSA) is 26.3 Å². The summed E-state index contributed by atoms with van der Waals surface area (Å²) >= 11 is 7.01. The van der Waals surface area contributed by atoms with Gasteiger partial charge < -0.3 is 4.74 Å². The van der Waals surface area contributed by atoms with Gasteiger partial charge >= 0.3 is 5.97 Å². The molecule has 2 nitrogen and oxygen atoms in total. The Kier molecular flexibility index (Phi) is 3.58. The number of esters is 1. The lowest BCUT2D eigenvalue weighted by Gasteiger charge is -2.01. The Bertz CT molecular complexity index is 180. The summed E-state index contributed by atoms with van der Waals surface area (Å²) in [5, 5.41) is 0. The summed E-state index contributed by atoms with van der Waals surface area (Å²) in [6, 6.07) is 0. The molecule has 1 unspecified atom stereocenters. The van der Waals surface area contributed by atoms with Crippen LogP contribution in [0.5, 0.6) is 0 Å². The average molecular weight is 300 g/mol. The van der Waals surface area contributed by atoms with Crippen molar-refractivity contribution in [1.29, 1.82) is 0 Å². The van der Waals surface area contributed by atoms with Gasteiger partial charge in [0.15, 0.2) is 0 Å². The van der Waals surface area contributed by atoms with E-state index in [2.05, 4.69) is 31.9 Å². The second-order valence-electron chi connectivity index (χ2n) is 3.01. The Morgan fingerprint density at radius 2 is 2.25 bits per heavy atom. The van der Waals surface area contributed by atoms with Crippen molar-refractivity contribution >= 4 is 37.8 Å². The molecule has 1 fully saturated rings. The molecule has 1 atom stereocenters. The van der Waals surface area contributed by atoms with Crippen LogP contribution >= 0.6 is 31.9 Å². The largest absolute Gasteiger partial charge is 0.466 e. The van der Waals surface area contributed by atoms with Crippen molar-refractivity contribution in [3.05, 3.63) is 0 Å². The van der Waals surface area contributed by atoms with E-state index in [4.69, 9.17) is 4.74 Å². The molecule has 0 spiro atoms. The van der Waals surface area contributed by atoms with Gasteiger partial charge in [-0.2, -0.15) is 0 Å². The zero-order valence-electron chi connectivity index (χ0n) is 6.98. The number of carbonyl (C=O) groups is 1. The molecule has 1 saturated carbocycles. The zero-order chi connectivity index (χ0) is 9.19. The van der Waals surface area contributed by atoms with Gasteiger partial charge in [0, 0.05) is 6.42 Å². The normalized spacial score (nSPS) is 25.1. The molecule has 12 heavy (non-hydrogen) atoms. The average Bonchev–Trinajstić information content (AvgIpc) is 2.56. The predicted octanol–water partition coefficient (Wildman–Crippen LogP) is 2.84. The Morgan fingerprint density at radius 1 is 1.67 bits per heavy atom. The molecule has 1 rings (SSSR count). The van der Waals surface area contributed by atoms with Crippen LogP contribution < -0.4 is 0 Å². The number of hydrogen-bond donors (Lipinski definition) is 0. The highest BCUT2D eigenvalue weighted by molar-refractivity contribution is 9.25. The first-order valence-electron chi connectivity index (χ1n) is 4.09. The molecule has 0 aromatic heterocycles. The zero-order valence-corrected chi connectivity index (χ0v) is 10.2. The van der Waals surface area contributed by atoms with Crippen LogP contribution in [-0.4, -0.2) is 15.8 Å². The summed E-state index contributed by atoms with van der Waals surface area (Å²) in [6.07, 6.45) is 2.55. The fraction of sp³-hybridized carbons (Fsp3) is 0.875. The summed E-state index contributed by atoms with van der Waals surface area (Å²) in [4.78, 5) is 10.9. The third-order valence-corrected chi connectivity index (χ3v) is 3.90. The number of rotatable bonds is 4. The highest BCUT2D eigenvalue weighted by atomic mass is 79.9. The van der Waals surface area contributed by atoms with Crippen molar-refractivity contribution in [2.24, 2.45) is 5.92 Å². The molecule has 0 amide bonds. The Labute approximate surface area is 89.3 Å². The molecule has 0 bridgehead atoms. The van der Waals surface area contributed by atoms with E-state index in [1.165, 1.54) is 0 Å². The third kappa shape index (κ3) is 3.05. The number of hydrogen-bond acceptors (Lipinski definition) is 2. The molecule has 70 valence electrons. The molecule has 0 saturated heterocycles. The lowest BCUT2D eigenvalue weighted by atomic mass is 10.2. The van der Waals surface area contributed by atoms with Crippen LogP contribution in [0, 0.1) is 5.92 Å². The molecule has 1 aliphatic rings. The first-order chi connectivity index (χ1) is 5.56. The van der Waals surface area contributed by atoms with Crippen molar-refractivity contribution in [2.75, 3.05) is 6.61 Å². The van der Waals surface area contributed by atoms with Crippen LogP contribution in [0.15, 0.2) is 0 Å². The molecule has 4 heteroatoms.